The maximum atomic E-state index is 5.77. The van der Waals surface area contributed by atoms with Gasteiger partial charge >= 0.3 is 0 Å². The number of hydrogen-bond donors (Lipinski definition) is 0. The van der Waals surface area contributed by atoms with E-state index < -0.39 is 13.9 Å². The topological polar surface area (TPSA) is 18.5 Å². The first-order valence-corrected chi connectivity index (χ1v) is 9.06. The van der Waals surface area contributed by atoms with Crippen LogP contribution in [0.3, 0.4) is 0 Å². The van der Waals surface area contributed by atoms with Crippen molar-refractivity contribution in [1.29, 1.82) is 0 Å². The van der Waals surface area contributed by atoms with Gasteiger partial charge in [-0.25, -0.2) is 0 Å². The molecule has 0 saturated carbocycles. The van der Waals surface area contributed by atoms with Gasteiger partial charge in [-0.2, -0.15) is 0 Å². The third-order valence-corrected chi connectivity index (χ3v) is 2.96. The van der Waals surface area contributed by atoms with Crippen LogP contribution in [-0.2, 0) is 9.47 Å². The Labute approximate surface area is 94.4 Å². The predicted molar refractivity (Wildman–Crippen MR) is 65.2 cm³/mol. The van der Waals surface area contributed by atoms with Crippen LogP contribution in [0.2, 0.25) is 19.6 Å². The zero-order chi connectivity index (χ0) is 11.7. The Morgan fingerprint density at radius 1 is 1.20 bits per heavy atom. The van der Waals surface area contributed by atoms with Crippen LogP contribution in [0, 0.1) is 11.5 Å². The Hall–Kier alpha value is -0.303. The summed E-state index contributed by atoms with van der Waals surface area (Å²) >= 11 is 0. The molecule has 0 aliphatic carbocycles. The third kappa shape index (κ3) is 4.83. The van der Waals surface area contributed by atoms with E-state index in [9.17, 15) is 0 Å². The van der Waals surface area contributed by atoms with E-state index in [4.69, 9.17) is 9.47 Å². The fourth-order valence-corrected chi connectivity index (χ4v) is 2.23. The Morgan fingerprint density at radius 3 is 2.27 bits per heavy atom. The molecule has 86 valence electrons. The van der Waals surface area contributed by atoms with Crippen LogP contribution in [-0.4, -0.2) is 26.1 Å². The van der Waals surface area contributed by atoms with E-state index in [1.807, 2.05) is 13.8 Å². The molecule has 2 atom stereocenters. The molecular weight excluding hydrogens is 204 g/mol. The van der Waals surface area contributed by atoms with Crippen molar-refractivity contribution >= 4 is 8.07 Å². The summed E-state index contributed by atoms with van der Waals surface area (Å²) in [6.07, 6.45) is 1.14. The Balaban J connectivity index is 2.66. The lowest BCUT2D eigenvalue weighted by Crippen LogP contribution is -2.43. The van der Waals surface area contributed by atoms with Crippen molar-refractivity contribution in [2.24, 2.45) is 0 Å². The van der Waals surface area contributed by atoms with Crippen molar-refractivity contribution in [3.8, 4) is 11.5 Å². The molecule has 3 heteroatoms. The minimum atomic E-state index is -1.29. The summed E-state index contributed by atoms with van der Waals surface area (Å²) in [5.41, 5.74) is 3.36. The first-order valence-electron chi connectivity index (χ1n) is 5.56. The van der Waals surface area contributed by atoms with Crippen LogP contribution in [0.5, 0.6) is 0 Å². The standard InChI is InChI=1S/C12H22O2Si/c1-10-9-11(7-8-15(4,5)6)14-12(2,3)13-10/h10-11H,9H2,1-6H3/t10-,11+/m1/s1. The van der Waals surface area contributed by atoms with Gasteiger partial charge in [0.1, 0.15) is 14.2 Å². The summed E-state index contributed by atoms with van der Waals surface area (Å²) < 4.78 is 11.4. The van der Waals surface area contributed by atoms with Crippen molar-refractivity contribution < 1.29 is 9.47 Å². The van der Waals surface area contributed by atoms with Crippen LogP contribution < -0.4 is 0 Å². The summed E-state index contributed by atoms with van der Waals surface area (Å²) in [6, 6.07) is 0. The zero-order valence-electron chi connectivity index (χ0n) is 10.7. The molecule has 0 bridgehead atoms. The molecule has 0 spiro atoms. The lowest BCUT2D eigenvalue weighted by molar-refractivity contribution is -0.284. The minimum Gasteiger partial charge on any atom is -0.347 e. The van der Waals surface area contributed by atoms with Gasteiger partial charge in [-0.15, -0.1) is 5.54 Å². The molecule has 1 aliphatic rings. The molecule has 0 radical (unpaired) electrons. The second-order valence-electron chi connectivity index (χ2n) is 5.69. The van der Waals surface area contributed by atoms with Crippen molar-refractivity contribution in [3.63, 3.8) is 0 Å². The van der Waals surface area contributed by atoms with Crippen molar-refractivity contribution in [1.82, 2.24) is 0 Å². The highest BCUT2D eigenvalue weighted by atomic mass is 28.3. The molecule has 15 heavy (non-hydrogen) atoms. The fourth-order valence-electron chi connectivity index (χ4n) is 1.64. The first kappa shape index (κ1) is 12.8. The van der Waals surface area contributed by atoms with Crippen molar-refractivity contribution in [2.45, 2.75) is 64.8 Å². The molecule has 1 heterocycles. The lowest BCUT2D eigenvalue weighted by atomic mass is 10.1. The summed E-state index contributed by atoms with van der Waals surface area (Å²) in [4.78, 5) is 0. The van der Waals surface area contributed by atoms with Crippen LogP contribution in [0.4, 0.5) is 0 Å². The quantitative estimate of drug-likeness (QED) is 0.467. The first-order chi connectivity index (χ1) is 6.68. The SMILES string of the molecule is C[C@@H]1C[C@H](C#C[Si](C)(C)C)OC(C)(C)O1. The summed E-state index contributed by atoms with van der Waals surface area (Å²) in [5, 5.41) is 0. The molecule has 0 aromatic carbocycles. The molecule has 2 nitrogen and oxygen atoms in total. The monoisotopic (exact) mass is 226 g/mol. The summed E-state index contributed by atoms with van der Waals surface area (Å²) in [5.74, 6) is 2.77. The van der Waals surface area contributed by atoms with E-state index in [0.717, 1.165) is 6.42 Å². The van der Waals surface area contributed by atoms with Crippen molar-refractivity contribution in [2.75, 3.05) is 0 Å². The second kappa shape index (κ2) is 4.29. The molecule has 1 aliphatic heterocycles. The molecule has 0 aromatic heterocycles. The predicted octanol–water partition coefficient (Wildman–Crippen LogP) is 2.80. The summed E-state index contributed by atoms with van der Waals surface area (Å²) in [7, 11) is -1.29. The van der Waals surface area contributed by atoms with Gasteiger partial charge in [0.15, 0.2) is 5.79 Å². The van der Waals surface area contributed by atoms with Crippen molar-refractivity contribution in [3.05, 3.63) is 0 Å². The maximum absolute atomic E-state index is 5.77. The fraction of sp³-hybridized carbons (Fsp3) is 0.833. The van der Waals surface area contributed by atoms with E-state index in [-0.39, 0.29) is 12.2 Å². The molecule has 0 unspecified atom stereocenters. The smallest absolute Gasteiger partial charge is 0.164 e. The van der Waals surface area contributed by atoms with E-state index in [1.54, 1.807) is 0 Å². The van der Waals surface area contributed by atoms with E-state index >= 15 is 0 Å². The average Bonchev–Trinajstić information content (AvgIpc) is 1.95. The van der Waals surface area contributed by atoms with Crippen LogP contribution in [0.15, 0.2) is 0 Å². The molecule has 0 amide bonds. The molecule has 1 saturated heterocycles. The van der Waals surface area contributed by atoms with E-state index in [2.05, 4.69) is 38.0 Å². The zero-order valence-corrected chi connectivity index (χ0v) is 11.7. The van der Waals surface area contributed by atoms with Crippen LogP contribution in [0.1, 0.15) is 27.2 Å². The van der Waals surface area contributed by atoms with E-state index in [1.165, 1.54) is 0 Å². The normalized spacial score (nSPS) is 30.5. The van der Waals surface area contributed by atoms with Gasteiger partial charge in [-0.05, 0) is 20.8 Å². The maximum Gasteiger partial charge on any atom is 0.164 e. The van der Waals surface area contributed by atoms with Crippen LogP contribution in [0.25, 0.3) is 0 Å². The average molecular weight is 226 g/mol. The highest BCUT2D eigenvalue weighted by Gasteiger charge is 2.32. The van der Waals surface area contributed by atoms with Gasteiger partial charge in [0.2, 0.25) is 0 Å². The van der Waals surface area contributed by atoms with Crippen LogP contribution >= 0.6 is 0 Å². The second-order valence-corrected chi connectivity index (χ2v) is 10.4. The van der Waals surface area contributed by atoms with E-state index in [0.29, 0.717) is 0 Å². The highest BCUT2D eigenvalue weighted by Crippen LogP contribution is 2.26. The molecule has 0 aromatic rings. The number of ether oxygens (including phenoxy) is 2. The molecule has 1 rings (SSSR count). The number of hydrogen-bond acceptors (Lipinski definition) is 2. The van der Waals surface area contributed by atoms with Gasteiger partial charge in [0.25, 0.3) is 0 Å². The molecular formula is C12H22O2Si. The largest absolute Gasteiger partial charge is 0.347 e. The Morgan fingerprint density at radius 2 is 1.80 bits per heavy atom. The third-order valence-electron chi connectivity index (χ3n) is 2.07. The number of rotatable bonds is 0. The van der Waals surface area contributed by atoms with Gasteiger partial charge in [0, 0.05) is 6.42 Å². The molecule has 0 N–H and O–H groups in total. The van der Waals surface area contributed by atoms with Gasteiger partial charge in [0.05, 0.1) is 6.10 Å². The molecule has 1 fully saturated rings. The van der Waals surface area contributed by atoms with Gasteiger partial charge in [-0.1, -0.05) is 25.6 Å². The Bertz CT molecular complexity index is 280. The van der Waals surface area contributed by atoms with Gasteiger partial charge < -0.3 is 9.47 Å². The highest BCUT2D eigenvalue weighted by molar-refractivity contribution is 6.83. The Kier molecular flexibility index (Phi) is 3.65. The van der Waals surface area contributed by atoms with Gasteiger partial charge in [-0.3, -0.25) is 0 Å². The lowest BCUT2D eigenvalue weighted by Gasteiger charge is -2.37. The minimum absolute atomic E-state index is 0.0375. The summed E-state index contributed by atoms with van der Waals surface area (Å²) in [6.45, 7) is 12.7.